The summed E-state index contributed by atoms with van der Waals surface area (Å²) in [6.07, 6.45) is 5.94. The first-order chi connectivity index (χ1) is 8.61. The van der Waals surface area contributed by atoms with Crippen LogP contribution in [0, 0.1) is 0 Å². The highest BCUT2D eigenvalue weighted by Crippen LogP contribution is 2.39. The van der Waals surface area contributed by atoms with Gasteiger partial charge in [-0.25, -0.2) is 0 Å². The monoisotopic (exact) mass is 307 g/mol. The minimum atomic E-state index is 0.519. The van der Waals surface area contributed by atoms with Crippen molar-refractivity contribution in [2.45, 2.75) is 32.7 Å². The van der Waals surface area contributed by atoms with Crippen molar-refractivity contribution in [1.29, 1.82) is 0 Å². The van der Waals surface area contributed by atoms with E-state index in [1.54, 1.807) is 0 Å². The molecule has 0 aromatic heterocycles. The molecule has 0 spiro atoms. The maximum Gasteiger partial charge on any atom is 0.146 e. The molecular weight excluding hydrogens is 290 g/mol. The Morgan fingerprint density at radius 1 is 1.56 bits per heavy atom. The molecule has 0 fully saturated rings. The van der Waals surface area contributed by atoms with E-state index < -0.39 is 0 Å². The van der Waals surface area contributed by atoms with Crippen molar-refractivity contribution in [2.24, 2.45) is 0 Å². The Hall–Kier alpha value is -1.22. The number of ether oxygens (including phenoxy) is 1. The lowest BCUT2D eigenvalue weighted by atomic mass is 9.98. The average molecular weight is 308 g/mol. The maximum atomic E-state index is 5.85. The normalized spacial score (nSPS) is 18.3. The lowest BCUT2D eigenvalue weighted by Crippen LogP contribution is -2.22. The van der Waals surface area contributed by atoms with Crippen LogP contribution < -0.4 is 10.1 Å². The summed E-state index contributed by atoms with van der Waals surface area (Å²) in [6, 6.07) is 4.63. The van der Waals surface area contributed by atoms with Crippen molar-refractivity contribution in [1.82, 2.24) is 0 Å². The molecule has 1 atom stereocenters. The summed E-state index contributed by atoms with van der Waals surface area (Å²) >= 11 is 3.55. The molecule has 0 aliphatic carbocycles. The van der Waals surface area contributed by atoms with Gasteiger partial charge in [-0.3, -0.25) is 0 Å². The van der Waals surface area contributed by atoms with Crippen LogP contribution in [0.1, 0.15) is 25.8 Å². The van der Waals surface area contributed by atoms with Crippen LogP contribution in [-0.4, -0.2) is 6.04 Å². The third-order valence-electron chi connectivity index (χ3n) is 3.03. The van der Waals surface area contributed by atoms with Crippen LogP contribution in [0.15, 0.2) is 41.1 Å². The number of halogens is 1. The molecule has 1 aliphatic heterocycles. The zero-order valence-corrected chi connectivity index (χ0v) is 12.4. The Morgan fingerprint density at radius 3 is 3.06 bits per heavy atom. The third-order valence-corrected chi connectivity index (χ3v) is 3.65. The van der Waals surface area contributed by atoms with E-state index in [9.17, 15) is 0 Å². The first-order valence-electron chi connectivity index (χ1n) is 6.19. The van der Waals surface area contributed by atoms with Crippen LogP contribution in [0.4, 0.5) is 5.69 Å². The van der Waals surface area contributed by atoms with Gasteiger partial charge in [-0.2, -0.15) is 0 Å². The number of hydrogen-bond acceptors (Lipinski definition) is 2. The maximum absolute atomic E-state index is 5.85. The molecule has 1 aromatic carbocycles. The molecule has 1 aliphatic rings. The van der Waals surface area contributed by atoms with E-state index in [0.717, 1.165) is 23.1 Å². The Kier molecular flexibility index (Phi) is 4.12. The summed E-state index contributed by atoms with van der Waals surface area (Å²) in [5.41, 5.74) is 2.40. The van der Waals surface area contributed by atoms with Crippen molar-refractivity contribution >= 4 is 21.6 Å². The predicted octanol–water partition coefficient (Wildman–Crippen LogP) is 4.66. The lowest BCUT2D eigenvalue weighted by molar-refractivity contribution is 0.436. The summed E-state index contributed by atoms with van der Waals surface area (Å²) in [4.78, 5) is 0. The highest BCUT2D eigenvalue weighted by molar-refractivity contribution is 9.10. The quantitative estimate of drug-likeness (QED) is 0.647. The number of allylic oxidation sites excluding steroid dienone is 2. The zero-order valence-electron chi connectivity index (χ0n) is 10.8. The SMILES string of the molecule is C=C(/C=C\C)Oc1c(Br)ccc2c1CCC(C)N2. The van der Waals surface area contributed by atoms with Gasteiger partial charge >= 0.3 is 0 Å². The molecule has 1 unspecified atom stereocenters. The minimum Gasteiger partial charge on any atom is -0.456 e. The molecule has 18 heavy (non-hydrogen) atoms. The van der Waals surface area contributed by atoms with Crippen molar-refractivity contribution in [3.8, 4) is 5.75 Å². The van der Waals surface area contributed by atoms with Gasteiger partial charge in [-0.05, 0) is 60.8 Å². The summed E-state index contributed by atoms with van der Waals surface area (Å²) in [5, 5.41) is 3.48. The minimum absolute atomic E-state index is 0.519. The number of nitrogens with one attached hydrogen (secondary N) is 1. The second-order valence-corrected chi connectivity index (χ2v) is 5.41. The molecule has 1 heterocycles. The van der Waals surface area contributed by atoms with Crippen molar-refractivity contribution < 1.29 is 4.74 Å². The highest BCUT2D eigenvalue weighted by atomic mass is 79.9. The first kappa shape index (κ1) is 13.2. The smallest absolute Gasteiger partial charge is 0.146 e. The number of hydrogen-bond donors (Lipinski definition) is 1. The van der Waals surface area contributed by atoms with Gasteiger partial charge in [0.1, 0.15) is 11.5 Å². The number of rotatable bonds is 3. The summed E-state index contributed by atoms with van der Waals surface area (Å²) in [7, 11) is 0. The van der Waals surface area contributed by atoms with E-state index in [-0.39, 0.29) is 0 Å². The predicted molar refractivity (Wildman–Crippen MR) is 80.1 cm³/mol. The zero-order chi connectivity index (χ0) is 13.1. The molecule has 2 rings (SSSR count). The largest absolute Gasteiger partial charge is 0.456 e. The number of fused-ring (bicyclic) bond motifs is 1. The Balaban J connectivity index is 2.34. The summed E-state index contributed by atoms with van der Waals surface area (Å²) in [6.45, 7) is 8.04. The number of anilines is 1. The van der Waals surface area contributed by atoms with Gasteiger partial charge in [0.05, 0.1) is 4.47 Å². The highest BCUT2D eigenvalue weighted by Gasteiger charge is 2.20. The van der Waals surface area contributed by atoms with Crippen molar-refractivity contribution in [3.63, 3.8) is 0 Å². The molecule has 0 saturated heterocycles. The first-order valence-corrected chi connectivity index (χ1v) is 6.98. The fraction of sp³-hybridized carbons (Fsp3) is 0.333. The van der Waals surface area contributed by atoms with Crippen molar-refractivity contribution in [2.75, 3.05) is 5.32 Å². The van der Waals surface area contributed by atoms with Crippen LogP contribution in [0.3, 0.4) is 0 Å². The van der Waals surface area contributed by atoms with Crippen LogP contribution >= 0.6 is 15.9 Å². The van der Waals surface area contributed by atoms with Crippen LogP contribution in [0.25, 0.3) is 0 Å². The van der Waals surface area contributed by atoms with Crippen LogP contribution in [0.5, 0.6) is 5.75 Å². The van der Waals surface area contributed by atoms with E-state index in [1.807, 2.05) is 25.1 Å². The van der Waals surface area contributed by atoms with Gasteiger partial charge in [-0.15, -0.1) is 0 Å². The van der Waals surface area contributed by atoms with E-state index in [2.05, 4.69) is 40.8 Å². The summed E-state index contributed by atoms with van der Waals surface area (Å²) in [5.74, 6) is 1.54. The number of benzene rings is 1. The van der Waals surface area contributed by atoms with Gasteiger partial charge in [0.25, 0.3) is 0 Å². The molecule has 1 N–H and O–H groups in total. The van der Waals surface area contributed by atoms with Gasteiger partial charge in [-0.1, -0.05) is 12.7 Å². The Labute approximate surface area is 117 Å². The average Bonchev–Trinajstić information content (AvgIpc) is 2.33. The van der Waals surface area contributed by atoms with E-state index >= 15 is 0 Å². The van der Waals surface area contributed by atoms with E-state index in [1.165, 1.54) is 11.3 Å². The Bertz CT molecular complexity index is 494. The van der Waals surface area contributed by atoms with E-state index in [4.69, 9.17) is 4.74 Å². The summed E-state index contributed by atoms with van der Waals surface area (Å²) < 4.78 is 6.83. The standard InChI is InChI=1S/C15H18BrNO/c1-4-5-11(3)18-15-12-7-6-10(2)17-14(12)9-8-13(15)16/h4-5,8-10,17H,3,6-7H2,1-2H3/b5-4-. The second-order valence-electron chi connectivity index (χ2n) is 4.56. The van der Waals surface area contributed by atoms with Gasteiger partial charge < -0.3 is 10.1 Å². The van der Waals surface area contributed by atoms with E-state index in [0.29, 0.717) is 11.8 Å². The third kappa shape index (κ3) is 2.78. The molecule has 3 heteroatoms. The van der Waals surface area contributed by atoms with Crippen molar-refractivity contribution in [3.05, 3.63) is 46.7 Å². The fourth-order valence-corrected chi connectivity index (χ4v) is 2.59. The molecule has 1 aromatic rings. The van der Waals surface area contributed by atoms with Gasteiger partial charge in [0.15, 0.2) is 0 Å². The van der Waals surface area contributed by atoms with Crippen LogP contribution in [-0.2, 0) is 6.42 Å². The molecule has 0 saturated carbocycles. The topological polar surface area (TPSA) is 21.3 Å². The molecular formula is C15H18BrNO. The molecule has 96 valence electrons. The Morgan fingerprint density at radius 2 is 2.33 bits per heavy atom. The van der Waals surface area contributed by atoms with Crippen LogP contribution in [0.2, 0.25) is 0 Å². The molecule has 0 radical (unpaired) electrons. The van der Waals surface area contributed by atoms with Gasteiger partial charge in [0, 0.05) is 17.3 Å². The molecule has 0 amide bonds. The van der Waals surface area contributed by atoms with Gasteiger partial charge in [0.2, 0.25) is 0 Å². The molecule has 0 bridgehead atoms. The second kappa shape index (κ2) is 5.61. The fourth-order valence-electron chi connectivity index (χ4n) is 2.14. The molecule has 2 nitrogen and oxygen atoms in total. The lowest BCUT2D eigenvalue weighted by Gasteiger charge is -2.26.